The zero-order valence-electron chi connectivity index (χ0n) is 11.0. The minimum atomic E-state index is 1.05. The second-order valence-corrected chi connectivity index (χ2v) is 5.01. The Morgan fingerprint density at radius 3 is 2.67 bits per heavy atom. The van der Waals surface area contributed by atoms with E-state index in [-0.39, 0.29) is 0 Å². The number of piperazine rings is 1. The number of aryl methyl sites for hydroxylation is 2. The van der Waals surface area contributed by atoms with Crippen molar-refractivity contribution in [3.8, 4) is 0 Å². The van der Waals surface area contributed by atoms with Crippen molar-refractivity contribution < 1.29 is 0 Å². The predicted molar refractivity (Wildman–Crippen MR) is 76.3 cm³/mol. The van der Waals surface area contributed by atoms with Crippen LogP contribution in [0.5, 0.6) is 0 Å². The third-order valence-electron chi connectivity index (χ3n) is 3.63. The highest BCUT2D eigenvalue weighted by molar-refractivity contribution is 5.84. The number of para-hydroxylation sites is 1. The van der Waals surface area contributed by atoms with E-state index in [2.05, 4.69) is 48.3 Å². The van der Waals surface area contributed by atoms with Gasteiger partial charge in [0.2, 0.25) is 0 Å². The van der Waals surface area contributed by atoms with Gasteiger partial charge in [-0.3, -0.25) is 0 Å². The van der Waals surface area contributed by atoms with Gasteiger partial charge in [-0.05, 0) is 31.0 Å². The number of aromatic nitrogens is 1. The zero-order valence-corrected chi connectivity index (χ0v) is 11.0. The number of nitrogens with one attached hydrogen (secondary N) is 1. The lowest BCUT2D eigenvalue weighted by molar-refractivity contribution is 0.584. The molecule has 0 bridgehead atoms. The van der Waals surface area contributed by atoms with Gasteiger partial charge in [0, 0.05) is 31.6 Å². The first-order valence-electron chi connectivity index (χ1n) is 6.58. The molecule has 1 N–H and O–H groups in total. The molecule has 3 nitrogen and oxygen atoms in total. The van der Waals surface area contributed by atoms with Crippen molar-refractivity contribution in [3.05, 3.63) is 35.4 Å². The Labute approximate surface area is 108 Å². The quantitative estimate of drug-likeness (QED) is 0.830. The number of fused-ring (bicyclic) bond motifs is 1. The molecule has 1 fully saturated rings. The van der Waals surface area contributed by atoms with Gasteiger partial charge >= 0.3 is 0 Å². The van der Waals surface area contributed by atoms with Crippen LogP contribution in [0, 0.1) is 13.8 Å². The summed E-state index contributed by atoms with van der Waals surface area (Å²) in [5, 5.41) is 4.63. The molecule has 2 aromatic rings. The third-order valence-corrected chi connectivity index (χ3v) is 3.63. The largest absolute Gasteiger partial charge is 0.354 e. The average molecular weight is 241 g/mol. The monoisotopic (exact) mass is 241 g/mol. The lowest BCUT2D eigenvalue weighted by Crippen LogP contribution is -2.44. The van der Waals surface area contributed by atoms with E-state index in [0.29, 0.717) is 0 Å². The molecular weight excluding hydrogens is 222 g/mol. The fraction of sp³-hybridized carbons (Fsp3) is 0.400. The first kappa shape index (κ1) is 11.5. The Kier molecular flexibility index (Phi) is 2.92. The summed E-state index contributed by atoms with van der Waals surface area (Å²) in [6, 6.07) is 8.63. The van der Waals surface area contributed by atoms with E-state index in [1.165, 1.54) is 16.5 Å². The third kappa shape index (κ3) is 1.95. The summed E-state index contributed by atoms with van der Waals surface area (Å²) in [5.74, 6) is 1.15. The van der Waals surface area contributed by atoms with Gasteiger partial charge in [0.25, 0.3) is 0 Å². The van der Waals surface area contributed by atoms with Crippen molar-refractivity contribution in [2.75, 3.05) is 31.1 Å². The van der Waals surface area contributed by atoms with Gasteiger partial charge in [-0.1, -0.05) is 18.2 Å². The molecule has 1 aromatic carbocycles. The van der Waals surface area contributed by atoms with Crippen LogP contribution in [0.2, 0.25) is 0 Å². The highest BCUT2D eigenvalue weighted by atomic mass is 15.2. The fourth-order valence-electron chi connectivity index (χ4n) is 2.64. The molecule has 1 aliphatic heterocycles. The molecule has 94 valence electrons. The van der Waals surface area contributed by atoms with Crippen molar-refractivity contribution >= 4 is 16.7 Å². The summed E-state index contributed by atoms with van der Waals surface area (Å²) in [5.41, 5.74) is 3.66. The molecule has 0 spiro atoms. The highest BCUT2D eigenvalue weighted by Gasteiger charge is 2.15. The lowest BCUT2D eigenvalue weighted by Gasteiger charge is -2.29. The van der Waals surface area contributed by atoms with E-state index >= 15 is 0 Å². The highest BCUT2D eigenvalue weighted by Crippen LogP contribution is 2.25. The predicted octanol–water partition coefficient (Wildman–Crippen LogP) is 2.26. The van der Waals surface area contributed by atoms with Crippen LogP contribution in [-0.2, 0) is 0 Å². The van der Waals surface area contributed by atoms with Gasteiger partial charge in [0.05, 0.1) is 5.52 Å². The molecule has 2 heterocycles. The number of benzene rings is 1. The zero-order chi connectivity index (χ0) is 12.5. The average Bonchev–Trinajstić information content (AvgIpc) is 2.39. The summed E-state index contributed by atoms with van der Waals surface area (Å²) in [4.78, 5) is 7.28. The Hall–Kier alpha value is -1.61. The second kappa shape index (κ2) is 4.58. The number of nitrogens with zero attached hydrogens (tertiary/aromatic N) is 2. The van der Waals surface area contributed by atoms with Crippen LogP contribution in [0.25, 0.3) is 10.9 Å². The maximum atomic E-state index is 4.90. The smallest absolute Gasteiger partial charge is 0.132 e. The van der Waals surface area contributed by atoms with Crippen LogP contribution in [0.1, 0.15) is 11.1 Å². The minimum Gasteiger partial charge on any atom is -0.354 e. The maximum absolute atomic E-state index is 4.90. The summed E-state index contributed by atoms with van der Waals surface area (Å²) in [6.45, 7) is 8.48. The molecule has 0 amide bonds. The van der Waals surface area contributed by atoms with Crippen LogP contribution in [-0.4, -0.2) is 31.2 Å². The fourth-order valence-corrected chi connectivity index (χ4v) is 2.64. The number of hydrogen-bond donors (Lipinski definition) is 1. The van der Waals surface area contributed by atoms with Gasteiger partial charge < -0.3 is 10.2 Å². The SMILES string of the molecule is Cc1cc2cccc(C)c2nc1N1CCNCC1. The van der Waals surface area contributed by atoms with E-state index < -0.39 is 0 Å². The molecule has 0 saturated carbocycles. The van der Waals surface area contributed by atoms with Gasteiger partial charge in [-0.25, -0.2) is 4.98 Å². The first-order valence-corrected chi connectivity index (χ1v) is 6.58. The Balaban J connectivity index is 2.11. The van der Waals surface area contributed by atoms with Crippen LogP contribution in [0.15, 0.2) is 24.3 Å². The molecule has 3 rings (SSSR count). The molecule has 0 radical (unpaired) electrons. The summed E-state index contributed by atoms with van der Waals surface area (Å²) < 4.78 is 0. The number of pyridine rings is 1. The summed E-state index contributed by atoms with van der Waals surface area (Å²) >= 11 is 0. The van der Waals surface area contributed by atoms with Crippen LogP contribution in [0.3, 0.4) is 0 Å². The number of rotatable bonds is 1. The van der Waals surface area contributed by atoms with Crippen LogP contribution in [0.4, 0.5) is 5.82 Å². The van der Waals surface area contributed by atoms with Crippen molar-refractivity contribution in [3.63, 3.8) is 0 Å². The van der Waals surface area contributed by atoms with Gasteiger partial charge in [0.15, 0.2) is 0 Å². The number of anilines is 1. The summed E-state index contributed by atoms with van der Waals surface area (Å²) in [7, 11) is 0. The normalized spacial score (nSPS) is 16.2. The molecule has 1 aliphatic rings. The molecular formula is C15H19N3. The Morgan fingerprint density at radius 1 is 1.11 bits per heavy atom. The topological polar surface area (TPSA) is 28.2 Å². The van der Waals surface area contributed by atoms with Crippen molar-refractivity contribution in [2.45, 2.75) is 13.8 Å². The van der Waals surface area contributed by atoms with Crippen LogP contribution >= 0.6 is 0 Å². The van der Waals surface area contributed by atoms with E-state index in [1.54, 1.807) is 0 Å². The molecule has 0 aliphatic carbocycles. The van der Waals surface area contributed by atoms with Gasteiger partial charge in [-0.2, -0.15) is 0 Å². The van der Waals surface area contributed by atoms with E-state index in [4.69, 9.17) is 4.98 Å². The number of hydrogen-bond acceptors (Lipinski definition) is 3. The second-order valence-electron chi connectivity index (χ2n) is 5.01. The molecule has 0 unspecified atom stereocenters. The van der Waals surface area contributed by atoms with Crippen molar-refractivity contribution in [2.24, 2.45) is 0 Å². The van der Waals surface area contributed by atoms with Crippen LogP contribution < -0.4 is 10.2 Å². The van der Waals surface area contributed by atoms with E-state index in [9.17, 15) is 0 Å². The standard InChI is InChI=1S/C15H19N3/c1-11-4-3-5-13-10-12(2)15(17-14(11)13)18-8-6-16-7-9-18/h3-5,10,16H,6-9H2,1-2H3. The minimum absolute atomic E-state index is 1.05. The van der Waals surface area contributed by atoms with E-state index in [1.807, 2.05) is 0 Å². The van der Waals surface area contributed by atoms with Gasteiger partial charge in [-0.15, -0.1) is 0 Å². The Morgan fingerprint density at radius 2 is 1.89 bits per heavy atom. The van der Waals surface area contributed by atoms with E-state index in [0.717, 1.165) is 37.5 Å². The molecule has 1 aromatic heterocycles. The molecule has 0 atom stereocenters. The lowest BCUT2D eigenvalue weighted by atomic mass is 10.1. The Bertz CT molecular complexity index is 571. The maximum Gasteiger partial charge on any atom is 0.132 e. The van der Waals surface area contributed by atoms with Crippen molar-refractivity contribution in [1.82, 2.24) is 10.3 Å². The van der Waals surface area contributed by atoms with Gasteiger partial charge in [0.1, 0.15) is 5.82 Å². The summed E-state index contributed by atoms with van der Waals surface area (Å²) in [6.07, 6.45) is 0. The first-order chi connectivity index (χ1) is 8.75. The molecule has 18 heavy (non-hydrogen) atoms. The van der Waals surface area contributed by atoms with Crippen molar-refractivity contribution in [1.29, 1.82) is 0 Å². The molecule has 1 saturated heterocycles. The molecule has 3 heteroatoms.